The van der Waals surface area contributed by atoms with E-state index in [0.717, 1.165) is 0 Å². The van der Waals surface area contributed by atoms with Gasteiger partial charge in [0, 0.05) is 19.6 Å². The molecule has 1 aliphatic heterocycles. The highest BCUT2D eigenvalue weighted by atomic mass is 127. The molecular weight excluding hydrogens is 459 g/mol. The summed E-state index contributed by atoms with van der Waals surface area (Å²) in [5.41, 5.74) is 5.16. The van der Waals surface area contributed by atoms with Gasteiger partial charge in [0.15, 0.2) is 21.6 Å². The van der Waals surface area contributed by atoms with Crippen molar-refractivity contribution < 1.29 is 17.6 Å². The molecule has 0 bridgehead atoms. The predicted molar refractivity (Wildman–Crippen MR) is 107 cm³/mol. The number of guanidine groups is 1. The first kappa shape index (κ1) is 21.7. The highest BCUT2D eigenvalue weighted by Gasteiger charge is 2.40. The van der Waals surface area contributed by atoms with E-state index in [4.69, 9.17) is 10.2 Å². The van der Waals surface area contributed by atoms with E-state index in [9.17, 15) is 13.2 Å². The van der Waals surface area contributed by atoms with Crippen molar-refractivity contribution in [1.29, 1.82) is 0 Å². The number of primary amides is 1. The molecule has 10 heteroatoms. The van der Waals surface area contributed by atoms with Crippen LogP contribution in [0.5, 0.6) is 0 Å². The number of furan rings is 1. The second-order valence-corrected chi connectivity index (χ2v) is 9.04. The number of nitrogens with zero attached hydrogens (tertiary/aromatic N) is 2. The van der Waals surface area contributed by atoms with Crippen LogP contribution in [0.4, 0.5) is 0 Å². The summed E-state index contributed by atoms with van der Waals surface area (Å²) in [6.07, 6.45) is 0. The molecule has 0 radical (unpaired) electrons. The van der Waals surface area contributed by atoms with Crippen LogP contribution < -0.4 is 11.1 Å². The summed E-state index contributed by atoms with van der Waals surface area (Å²) in [6, 6.07) is 3.16. The highest BCUT2D eigenvalue weighted by molar-refractivity contribution is 14.0. The quantitative estimate of drug-likeness (QED) is 0.374. The van der Waals surface area contributed by atoms with E-state index in [2.05, 4.69) is 10.3 Å². The van der Waals surface area contributed by atoms with Gasteiger partial charge in [-0.05, 0) is 32.9 Å². The third kappa shape index (κ3) is 5.09. The van der Waals surface area contributed by atoms with Crippen molar-refractivity contribution in [2.45, 2.75) is 32.1 Å². The fraction of sp³-hybridized carbons (Fsp3) is 0.600. The van der Waals surface area contributed by atoms with Gasteiger partial charge in [-0.3, -0.25) is 4.79 Å². The van der Waals surface area contributed by atoms with Crippen molar-refractivity contribution >= 4 is 45.7 Å². The summed E-state index contributed by atoms with van der Waals surface area (Å²) in [5.74, 6) is 0.702. The van der Waals surface area contributed by atoms with Crippen molar-refractivity contribution in [2.75, 3.05) is 25.4 Å². The van der Waals surface area contributed by atoms with Crippen LogP contribution in [0.3, 0.4) is 0 Å². The molecule has 0 saturated carbocycles. The Balaban J connectivity index is 0.00000312. The van der Waals surface area contributed by atoms with Crippen molar-refractivity contribution in [2.24, 2.45) is 10.7 Å². The van der Waals surface area contributed by atoms with Crippen LogP contribution in [0.2, 0.25) is 0 Å². The number of nitrogens with one attached hydrogen (secondary N) is 1. The molecule has 1 aliphatic rings. The summed E-state index contributed by atoms with van der Waals surface area (Å²) in [5, 5.41) is 3.17. The molecule has 142 valence electrons. The minimum atomic E-state index is -3.11. The third-order valence-corrected chi connectivity index (χ3v) is 6.50. The van der Waals surface area contributed by atoms with Gasteiger partial charge in [0.25, 0.3) is 5.91 Å². The van der Waals surface area contributed by atoms with E-state index < -0.39 is 20.5 Å². The van der Waals surface area contributed by atoms with Crippen molar-refractivity contribution in [1.82, 2.24) is 10.2 Å². The number of sulfone groups is 1. The van der Waals surface area contributed by atoms with Gasteiger partial charge in [-0.25, -0.2) is 13.4 Å². The largest absolute Gasteiger partial charge is 0.454 e. The van der Waals surface area contributed by atoms with E-state index in [1.54, 1.807) is 19.9 Å². The number of amides is 1. The van der Waals surface area contributed by atoms with Gasteiger partial charge in [0.1, 0.15) is 12.3 Å². The Hall–Kier alpha value is -1.30. The van der Waals surface area contributed by atoms with Crippen LogP contribution in [0, 0.1) is 0 Å². The van der Waals surface area contributed by atoms with E-state index >= 15 is 0 Å². The molecule has 25 heavy (non-hydrogen) atoms. The van der Waals surface area contributed by atoms with Gasteiger partial charge >= 0.3 is 0 Å². The van der Waals surface area contributed by atoms with Crippen molar-refractivity contribution in [3.05, 3.63) is 23.7 Å². The molecule has 2 heterocycles. The number of carbonyl (C=O) groups is 1. The van der Waals surface area contributed by atoms with Crippen molar-refractivity contribution in [3.63, 3.8) is 0 Å². The van der Waals surface area contributed by atoms with Crippen LogP contribution in [-0.2, 0) is 16.4 Å². The fourth-order valence-corrected chi connectivity index (χ4v) is 3.86. The average molecular weight is 484 g/mol. The maximum absolute atomic E-state index is 12.1. The zero-order valence-corrected chi connectivity index (χ0v) is 17.8. The monoisotopic (exact) mass is 484 g/mol. The summed E-state index contributed by atoms with van der Waals surface area (Å²) in [4.78, 5) is 17.5. The number of hydrogen-bond donors (Lipinski definition) is 2. The number of nitrogens with two attached hydrogens (primary N) is 1. The third-order valence-electron chi connectivity index (χ3n) is 3.97. The number of hydrogen-bond acceptors (Lipinski definition) is 5. The molecule has 3 N–H and O–H groups in total. The first-order chi connectivity index (χ1) is 11.2. The number of halogens is 1. The smallest absolute Gasteiger partial charge is 0.284 e. The van der Waals surface area contributed by atoms with Gasteiger partial charge in [-0.15, -0.1) is 24.0 Å². The second-order valence-electron chi connectivity index (χ2n) is 6.30. The summed E-state index contributed by atoms with van der Waals surface area (Å²) in [7, 11) is -3.11. The first-order valence-corrected chi connectivity index (χ1v) is 9.45. The topological polar surface area (TPSA) is 118 Å². The lowest BCUT2D eigenvalue weighted by atomic mass is 10.2. The maximum Gasteiger partial charge on any atom is 0.284 e. The molecular formula is C15H25IN4O4S. The van der Waals surface area contributed by atoms with Gasteiger partial charge in [0.05, 0.1) is 10.5 Å². The highest BCUT2D eigenvalue weighted by Crippen LogP contribution is 2.23. The van der Waals surface area contributed by atoms with Crippen LogP contribution in [0.15, 0.2) is 21.5 Å². The zero-order chi connectivity index (χ0) is 18.0. The standard InChI is InChI=1S/C15H24N4O4S.HI/c1-4-17-14(18-9-11-5-6-12(23-11)13(16)20)19-7-8-24(21,22)15(2,3)10-19;/h5-6H,4,7-10H2,1-3H3,(H2,16,20)(H,17,18);1H. The summed E-state index contributed by atoms with van der Waals surface area (Å²) >= 11 is 0. The second kappa shape index (κ2) is 8.39. The first-order valence-electron chi connectivity index (χ1n) is 7.80. The molecule has 0 spiro atoms. The molecule has 2 rings (SSSR count). The lowest BCUT2D eigenvalue weighted by Gasteiger charge is -2.39. The maximum atomic E-state index is 12.1. The Morgan fingerprint density at radius 3 is 2.64 bits per heavy atom. The average Bonchev–Trinajstić information content (AvgIpc) is 2.95. The van der Waals surface area contributed by atoms with E-state index in [1.165, 1.54) is 6.07 Å². The zero-order valence-electron chi connectivity index (χ0n) is 14.6. The minimum Gasteiger partial charge on any atom is -0.454 e. The molecule has 1 aromatic rings. The summed E-state index contributed by atoms with van der Waals surface area (Å²) in [6.45, 7) is 7.05. The Morgan fingerprint density at radius 2 is 2.12 bits per heavy atom. The molecule has 0 aliphatic carbocycles. The SMILES string of the molecule is CCNC(=NCc1ccc(C(N)=O)o1)N1CCS(=O)(=O)C(C)(C)C1.I. The van der Waals surface area contributed by atoms with Crippen LogP contribution >= 0.6 is 24.0 Å². The van der Waals surface area contributed by atoms with Gasteiger partial charge in [0.2, 0.25) is 0 Å². The predicted octanol–water partition coefficient (Wildman–Crippen LogP) is 0.971. The van der Waals surface area contributed by atoms with Crippen LogP contribution in [0.1, 0.15) is 37.1 Å². The Kier molecular flexibility index (Phi) is 7.29. The molecule has 1 fully saturated rings. The number of rotatable bonds is 4. The summed E-state index contributed by atoms with van der Waals surface area (Å²) < 4.78 is 28.7. The number of carbonyl (C=O) groups excluding carboxylic acids is 1. The van der Waals surface area contributed by atoms with E-state index in [0.29, 0.717) is 31.4 Å². The van der Waals surface area contributed by atoms with E-state index in [-0.39, 0.29) is 42.0 Å². The fourth-order valence-electron chi connectivity index (χ4n) is 2.50. The molecule has 0 unspecified atom stereocenters. The molecule has 0 atom stereocenters. The van der Waals surface area contributed by atoms with Gasteiger partial charge in [-0.2, -0.15) is 0 Å². The Morgan fingerprint density at radius 1 is 1.44 bits per heavy atom. The molecule has 1 amide bonds. The molecule has 1 aromatic heterocycles. The lowest BCUT2D eigenvalue weighted by Crippen LogP contribution is -2.57. The Bertz CT molecular complexity index is 742. The van der Waals surface area contributed by atoms with Crippen LogP contribution in [0.25, 0.3) is 0 Å². The van der Waals surface area contributed by atoms with Gasteiger partial charge in [-0.1, -0.05) is 0 Å². The molecule has 1 saturated heterocycles. The van der Waals surface area contributed by atoms with Crippen molar-refractivity contribution in [3.8, 4) is 0 Å². The van der Waals surface area contributed by atoms with E-state index in [1.807, 2.05) is 11.8 Å². The Labute approximate surface area is 165 Å². The van der Waals surface area contributed by atoms with Crippen LogP contribution in [-0.4, -0.2) is 55.3 Å². The lowest BCUT2D eigenvalue weighted by molar-refractivity contribution is 0.0972. The molecule has 0 aromatic carbocycles. The van der Waals surface area contributed by atoms with Gasteiger partial charge < -0.3 is 20.4 Å². The molecule has 8 nitrogen and oxygen atoms in total. The normalized spacial score (nSPS) is 19.2. The minimum absolute atomic E-state index is 0. The number of aliphatic imine (C=N–C) groups is 1.